The van der Waals surface area contributed by atoms with Crippen molar-refractivity contribution in [3.8, 4) is 0 Å². The maximum atomic E-state index is 11.7. The van der Waals surface area contributed by atoms with Gasteiger partial charge in [0, 0.05) is 25.0 Å². The molecule has 1 rings (SSSR count). The van der Waals surface area contributed by atoms with Gasteiger partial charge in [0.15, 0.2) is 0 Å². The Hall–Kier alpha value is -0.890. The molecule has 1 aromatic heterocycles. The smallest absolute Gasteiger partial charge is 0.242 e. The van der Waals surface area contributed by atoms with E-state index in [2.05, 4.69) is 9.71 Å². The molecule has 0 fully saturated rings. The van der Waals surface area contributed by atoms with E-state index in [1.54, 1.807) is 0 Å². The SMILES string of the molecule is CCOCCNS(=O)(=O)c1c[nH]c(CO)c1. The van der Waals surface area contributed by atoms with E-state index in [9.17, 15) is 8.42 Å². The van der Waals surface area contributed by atoms with Gasteiger partial charge in [0.1, 0.15) is 0 Å². The molecule has 0 aliphatic carbocycles. The van der Waals surface area contributed by atoms with Crippen LogP contribution >= 0.6 is 0 Å². The van der Waals surface area contributed by atoms with Gasteiger partial charge in [0.2, 0.25) is 10.0 Å². The standard InChI is InChI=1S/C9H16N2O4S/c1-2-15-4-3-11-16(13,14)9-5-8(7-12)10-6-9/h5-6,10-12H,2-4,7H2,1H3. The minimum Gasteiger partial charge on any atom is -0.390 e. The molecule has 0 unspecified atom stereocenters. The molecule has 0 saturated carbocycles. The molecule has 7 heteroatoms. The van der Waals surface area contributed by atoms with Crippen molar-refractivity contribution in [3.63, 3.8) is 0 Å². The van der Waals surface area contributed by atoms with Crippen LogP contribution in [0.3, 0.4) is 0 Å². The molecule has 0 aliphatic heterocycles. The molecule has 3 N–H and O–H groups in total. The average molecular weight is 248 g/mol. The number of aliphatic hydroxyl groups excluding tert-OH is 1. The number of nitrogens with one attached hydrogen (secondary N) is 2. The third-order valence-corrected chi connectivity index (χ3v) is 3.38. The van der Waals surface area contributed by atoms with Gasteiger partial charge in [-0.15, -0.1) is 0 Å². The highest BCUT2D eigenvalue weighted by Crippen LogP contribution is 2.09. The first-order valence-electron chi connectivity index (χ1n) is 4.95. The molecule has 0 atom stereocenters. The molecule has 6 nitrogen and oxygen atoms in total. The summed E-state index contributed by atoms with van der Waals surface area (Å²) in [6, 6.07) is 1.39. The predicted molar refractivity (Wildman–Crippen MR) is 58.4 cm³/mol. The zero-order valence-corrected chi connectivity index (χ0v) is 9.88. The molecular weight excluding hydrogens is 232 g/mol. The Morgan fingerprint density at radius 1 is 1.56 bits per heavy atom. The lowest BCUT2D eigenvalue weighted by Gasteiger charge is -2.04. The minimum atomic E-state index is -3.50. The van der Waals surface area contributed by atoms with Crippen molar-refractivity contribution in [2.24, 2.45) is 0 Å². The quantitative estimate of drug-likeness (QED) is 0.584. The third kappa shape index (κ3) is 3.60. The summed E-state index contributed by atoms with van der Waals surface area (Å²) in [7, 11) is -3.50. The summed E-state index contributed by atoms with van der Waals surface area (Å²) in [4.78, 5) is 2.78. The summed E-state index contributed by atoms with van der Waals surface area (Å²) in [5, 5.41) is 8.80. The largest absolute Gasteiger partial charge is 0.390 e. The second kappa shape index (κ2) is 6.00. The van der Waals surface area contributed by atoms with E-state index in [4.69, 9.17) is 9.84 Å². The van der Waals surface area contributed by atoms with E-state index in [0.29, 0.717) is 18.9 Å². The first kappa shape index (κ1) is 13.2. The van der Waals surface area contributed by atoms with Crippen molar-refractivity contribution in [2.45, 2.75) is 18.4 Å². The number of ether oxygens (including phenoxy) is 1. The van der Waals surface area contributed by atoms with Crippen molar-refractivity contribution in [1.82, 2.24) is 9.71 Å². The molecule has 0 saturated heterocycles. The van der Waals surface area contributed by atoms with Gasteiger partial charge < -0.3 is 14.8 Å². The zero-order chi connectivity index (χ0) is 12.0. The Bertz CT molecular complexity index is 413. The van der Waals surface area contributed by atoms with Gasteiger partial charge in [-0.1, -0.05) is 0 Å². The third-order valence-electron chi connectivity index (χ3n) is 1.94. The van der Waals surface area contributed by atoms with Crippen LogP contribution in [0.5, 0.6) is 0 Å². The van der Waals surface area contributed by atoms with Gasteiger partial charge in [-0.05, 0) is 13.0 Å². The molecule has 0 radical (unpaired) electrons. The number of H-pyrrole nitrogens is 1. The van der Waals surface area contributed by atoms with Crippen molar-refractivity contribution in [3.05, 3.63) is 18.0 Å². The van der Waals surface area contributed by atoms with Crippen LogP contribution in [0.4, 0.5) is 0 Å². The van der Waals surface area contributed by atoms with Crippen molar-refractivity contribution in [2.75, 3.05) is 19.8 Å². The van der Waals surface area contributed by atoms with E-state index in [-0.39, 0.29) is 18.0 Å². The van der Waals surface area contributed by atoms with Crippen LogP contribution in [0.1, 0.15) is 12.6 Å². The molecule has 0 amide bonds. The van der Waals surface area contributed by atoms with Crippen molar-refractivity contribution >= 4 is 10.0 Å². The van der Waals surface area contributed by atoms with Crippen molar-refractivity contribution in [1.29, 1.82) is 0 Å². The molecule has 0 spiro atoms. The lowest BCUT2D eigenvalue weighted by molar-refractivity contribution is 0.153. The van der Waals surface area contributed by atoms with Gasteiger partial charge in [-0.2, -0.15) is 0 Å². The number of hydrogen-bond donors (Lipinski definition) is 3. The number of sulfonamides is 1. The fourth-order valence-corrected chi connectivity index (χ4v) is 2.17. The van der Waals surface area contributed by atoms with Crippen LogP contribution in [0.25, 0.3) is 0 Å². The number of aromatic amines is 1. The Morgan fingerprint density at radius 3 is 2.88 bits per heavy atom. The summed E-state index contributed by atoms with van der Waals surface area (Å²) in [5.74, 6) is 0. The maximum Gasteiger partial charge on any atom is 0.242 e. The molecule has 0 aromatic carbocycles. The minimum absolute atomic E-state index is 0.119. The first-order chi connectivity index (χ1) is 7.60. The normalized spacial score (nSPS) is 11.9. The molecule has 92 valence electrons. The molecule has 0 bridgehead atoms. The van der Waals surface area contributed by atoms with Gasteiger partial charge in [-0.3, -0.25) is 0 Å². The molecular formula is C9H16N2O4S. The van der Waals surface area contributed by atoms with Crippen LogP contribution < -0.4 is 4.72 Å². The summed E-state index contributed by atoms with van der Waals surface area (Å²) in [6.45, 7) is 2.76. The van der Waals surface area contributed by atoms with Gasteiger partial charge in [-0.25, -0.2) is 13.1 Å². The van der Waals surface area contributed by atoms with Crippen LogP contribution in [-0.2, 0) is 21.4 Å². The second-order valence-corrected chi connectivity index (χ2v) is 4.88. The summed E-state index contributed by atoms with van der Waals surface area (Å²) in [6.07, 6.45) is 1.34. The Kier molecular flexibility index (Phi) is 4.94. The number of aliphatic hydroxyl groups is 1. The van der Waals surface area contributed by atoms with E-state index >= 15 is 0 Å². The number of hydrogen-bond acceptors (Lipinski definition) is 4. The topological polar surface area (TPSA) is 91.4 Å². The molecule has 1 aromatic rings. The monoisotopic (exact) mass is 248 g/mol. The van der Waals surface area contributed by atoms with Gasteiger partial charge in [0.05, 0.1) is 18.1 Å². The van der Waals surface area contributed by atoms with Crippen LogP contribution in [0.2, 0.25) is 0 Å². The predicted octanol–water partition coefficient (Wildman–Crippen LogP) is -0.178. The van der Waals surface area contributed by atoms with E-state index in [1.807, 2.05) is 6.92 Å². The fraction of sp³-hybridized carbons (Fsp3) is 0.556. The van der Waals surface area contributed by atoms with Gasteiger partial charge in [0.25, 0.3) is 0 Å². The van der Waals surface area contributed by atoms with Crippen LogP contribution in [0, 0.1) is 0 Å². The zero-order valence-electron chi connectivity index (χ0n) is 9.06. The van der Waals surface area contributed by atoms with E-state index in [1.165, 1.54) is 12.3 Å². The lowest BCUT2D eigenvalue weighted by atomic mass is 10.5. The molecule has 1 heterocycles. The summed E-state index contributed by atoms with van der Waals surface area (Å²) in [5.41, 5.74) is 0.463. The highest BCUT2D eigenvalue weighted by Gasteiger charge is 2.14. The molecule has 16 heavy (non-hydrogen) atoms. The second-order valence-electron chi connectivity index (χ2n) is 3.11. The Morgan fingerprint density at radius 2 is 2.31 bits per heavy atom. The lowest BCUT2D eigenvalue weighted by Crippen LogP contribution is -2.27. The Labute approximate surface area is 94.7 Å². The van der Waals surface area contributed by atoms with Crippen molar-refractivity contribution < 1.29 is 18.3 Å². The first-order valence-corrected chi connectivity index (χ1v) is 6.44. The van der Waals surface area contributed by atoms with Crippen LogP contribution in [0.15, 0.2) is 17.2 Å². The van der Waals surface area contributed by atoms with E-state index < -0.39 is 10.0 Å². The maximum absolute atomic E-state index is 11.7. The van der Waals surface area contributed by atoms with Gasteiger partial charge >= 0.3 is 0 Å². The highest BCUT2D eigenvalue weighted by atomic mass is 32.2. The highest BCUT2D eigenvalue weighted by molar-refractivity contribution is 7.89. The average Bonchev–Trinajstić information content (AvgIpc) is 2.73. The number of rotatable bonds is 7. The molecule has 0 aliphatic rings. The summed E-state index contributed by atoms with van der Waals surface area (Å²) < 4.78 is 30.7. The van der Waals surface area contributed by atoms with E-state index in [0.717, 1.165) is 0 Å². The number of aromatic nitrogens is 1. The fourth-order valence-electron chi connectivity index (χ4n) is 1.14. The Balaban J connectivity index is 2.56. The summed E-state index contributed by atoms with van der Waals surface area (Å²) >= 11 is 0. The van der Waals surface area contributed by atoms with Crippen LogP contribution in [-0.4, -0.2) is 38.3 Å².